The molecule has 2 rings (SSSR count). The minimum atomic E-state index is -0.561. The Labute approximate surface area is 167 Å². The number of thiophene rings is 1. The monoisotopic (exact) mass is 395 g/mol. The van der Waals surface area contributed by atoms with Gasteiger partial charge in [-0.05, 0) is 63.6 Å². The molecule has 1 heterocycles. The number of hydrogen-bond donors (Lipinski definition) is 2. The van der Waals surface area contributed by atoms with Crippen molar-refractivity contribution >= 4 is 29.5 Å². The lowest BCUT2D eigenvalue weighted by atomic mass is 9.97. The molecular weight excluding hydrogens is 366 g/mol. The fraction of sp³-hybridized carbons (Fsp3) is 0.476. The van der Waals surface area contributed by atoms with Crippen LogP contribution in [0.2, 0.25) is 0 Å². The molecule has 3 nitrogen and oxygen atoms in total. The van der Waals surface area contributed by atoms with Gasteiger partial charge in [0.25, 0.3) is 0 Å². The van der Waals surface area contributed by atoms with Crippen LogP contribution < -0.4 is 5.73 Å². The van der Waals surface area contributed by atoms with Gasteiger partial charge in [0.15, 0.2) is 5.78 Å². The van der Waals surface area contributed by atoms with Crippen LogP contribution in [0.5, 0.6) is 0 Å². The summed E-state index contributed by atoms with van der Waals surface area (Å²) in [7, 11) is 0. The van der Waals surface area contributed by atoms with Crippen molar-refractivity contribution in [1.29, 1.82) is 0 Å². The zero-order chi connectivity index (χ0) is 18.4. The van der Waals surface area contributed by atoms with E-state index in [1.807, 2.05) is 19.9 Å². The van der Waals surface area contributed by atoms with Crippen molar-refractivity contribution in [2.45, 2.75) is 58.4 Å². The van der Waals surface area contributed by atoms with Gasteiger partial charge in [0, 0.05) is 16.8 Å². The van der Waals surface area contributed by atoms with Gasteiger partial charge in [0.1, 0.15) is 0 Å². The average Bonchev–Trinajstić information content (AvgIpc) is 2.96. The Morgan fingerprint density at radius 3 is 2.46 bits per heavy atom. The van der Waals surface area contributed by atoms with E-state index >= 15 is 0 Å². The molecule has 0 amide bonds. The van der Waals surface area contributed by atoms with Gasteiger partial charge in [-0.2, -0.15) is 0 Å². The Morgan fingerprint density at radius 1 is 1.19 bits per heavy atom. The quantitative estimate of drug-likeness (QED) is 0.608. The second-order valence-electron chi connectivity index (χ2n) is 7.29. The van der Waals surface area contributed by atoms with E-state index < -0.39 is 5.54 Å². The lowest BCUT2D eigenvalue weighted by molar-refractivity contribution is 0.0984. The molecule has 5 heteroatoms. The summed E-state index contributed by atoms with van der Waals surface area (Å²) >= 11 is 1.58. The highest BCUT2D eigenvalue weighted by molar-refractivity contribution is 7.14. The molecule has 0 fully saturated rings. The van der Waals surface area contributed by atoms with Crippen LogP contribution in [0, 0.1) is 13.8 Å². The van der Waals surface area contributed by atoms with Crippen LogP contribution in [0.25, 0.3) is 0 Å². The van der Waals surface area contributed by atoms with E-state index in [2.05, 4.69) is 31.2 Å². The Morgan fingerprint density at radius 2 is 1.85 bits per heavy atom. The van der Waals surface area contributed by atoms with Crippen LogP contribution in [0.3, 0.4) is 0 Å². The Balaban J connectivity index is 0.00000338. The van der Waals surface area contributed by atoms with Gasteiger partial charge >= 0.3 is 0 Å². The summed E-state index contributed by atoms with van der Waals surface area (Å²) in [6, 6.07) is 10.5. The van der Waals surface area contributed by atoms with Crippen LogP contribution in [-0.4, -0.2) is 23.0 Å². The topological polar surface area (TPSA) is 63.3 Å². The molecule has 26 heavy (non-hydrogen) atoms. The highest BCUT2D eigenvalue weighted by Crippen LogP contribution is 2.26. The smallest absolute Gasteiger partial charge is 0.172 e. The molecule has 0 saturated heterocycles. The summed E-state index contributed by atoms with van der Waals surface area (Å²) in [5.74, 6) is 0.226. The van der Waals surface area contributed by atoms with Gasteiger partial charge in [-0.3, -0.25) is 4.79 Å². The summed E-state index contributed by atoms with van der Waals surface area (Å²) in [5.41, 5.74) is 9.14. The number of carbonyl (C=O) groups is 1. The maximum atomic E-state index is 12.5. The lowest BCUT2D eigenvalue weighted by Gasteiger charge is -2.21. The van der Waals surface area contributed by atoms with Crippen molar-refractivity contribution < 1.29 is 9.90 Å². The number of rotatable bonds is 9. The highest BCUT2D eigenvalue weighted by atomic mass is 35.5. The van der Waals surface area contributed by atoms with Crippen molar-refractivity contribution in [2.24, 2.45) is 5.73 Å². The molecular formula is C21H30ClNO2S. The molecule has 0 aliphatic rings. The molecule has 0 unspecified atom stereocenters. The van der Waals surface area contributed by atoms with Crippen LogP contribution in [0.15, 0.2) is 30.3 Å². The molecule has 2 aromatic rings. The lowest BCUT2D eigenvalue weighted by Crippen LogP contribution is -2.40. The molecule has 0 aliphatic carbocycles. The maximum Gasteiger partial charge on any atom is 0.172 e. The van der Waals surface area contributed by atoms with E-state index in [0.29, 0.717) is 12.8 Å². The second-order valence-corrected chi connectivity index (χ2v) is 8.43. The molecule has 1 aromatic carbocycles. The Hall–Kier alpha value is -1.20. The number of Topliss-reactive ketones (excluding diaryl/α,β-unsaturated/α-hetero) is 1. The summed E-state index contributed by atoms with van der Waals surface area (Å²) in [4.78, 5) is 14.5. The van der Waals surface area contributed by atoms with Crippen molar-refractivity contribution in [3.8, 4) is 0 Å². The number of benzene rings is 1. The molecule has 0 radical (unpaired) electrons. The first kappa shape index (κ1) is 22.8. The predicted molar refractivity (Wildman–Crippen MR) is 113 cm³/mol. The van der Waals surface area contributed by atoms with Gasteiger partial charge in [0.2, 0.25) is 0 Å². The van der Waals surface area contributed by atoms with E-state index in [1.54, 1.807) is 11.3 Å². The first-order chi connectivity index (χ1) is 11.8. The summed E-state index contributed by atoms with van der Waals surface area (Å²) in [6.07, 6.45) is 3.91. The molecule has 0 saturated carbocycles. The third-order valence-corrected chi connectivity index (χ3v) is 5.91. The molecule has 0 bridgehead atoms. The van der Waals surface area contributed by atoms with Crippen LogP contribution >= 0.6 is 23.7 Å². The van der Waals surface area contributed by atoms with Gasteiger partial charge in [-0.25, -0.2) is 0 Å². The van der Waals surface area contributed by atoms with Gasteiger partial charge in [-0.15, -0.1) is 23.7 Å². The van der Waals surface area contributed by atoms with Crippen molar-refractivity contribution in [3.05, 3.63) is 56.8 Å². The fourth-order valence-corrected chi connectivity index (χ4v) is 3.86. The number of aryl methyl sites for hydroxylation is 4. The fourth-order valence-electron chi connectivity index (χ4n) is 2.71. The second kappa shape index (κ2) is 10.2. The number of carbonyl (C=O) groups excluding carboxylic acids is 1. The number of hydrogen-bond acceptors (Lipinski definition) is 4. The zero-order valence-electron chi connectivity index (χ0n) is 15.9. The van der Waals surface area contributed by atoms with Crippen LogP contribution in [0.1, 0.15) is 57.4 Å². The third kappa shape index (κ3) is 6.84. The molecule has 1 atom stereocenters. The number of nitrogens with two attached hydrogens (primary N) is 1. The minimum absolute atomic E-state index is 0. The maximum absolute atomic E-state index is 12.5. The van der Waals surface area contributed by atoms with Crippen molar-refractivity contribution in [1.82, 2.24) is 0 Å². The molecule has 144 valence electrons. The Bertz CT molecular complexity index is 707. The molecule has 0 spiro atoms. The largest absolute Gasteiger partial charge is 0.394 e. The third-order valence-electron chi connectivity index (χ3n) is 4.57. The van der Waals surface area contributed by atoms with Gasteiger partial charge in [0.05, 0.1) is 11.5 Å². The van der Waals surface area contributed by atoms with Crippen LogP contribution in [0.4, 0.5) is 0 Å². The number of aliphatic hydroxyl groups excluding tert-OH is 1. The first-order valence-corrected chi connectivity index (χ1v) is 9.70. The van der Waals surface area contributed by atoms with Crippen molar-refractivity contribution in [3.63, 3.8) is 0 Å². The van der Waals surface area contributed by atoms with E-state index in [1.165, 1.54) is 16.0 Å². The van der Waals surface area contributed by atoms with E-state index in [9.17, 15) is 9.90 Å². The highest BCUT2D eigenvalue weighted by Gasteiger charge is 2.19. The summed E-state index contributed by atoms with van der Waals surface area (Å²) in [6.45, 7) is 5.95. The predicted octanol–water partition coefficient (Wildman–Crippen LogP) is 4.63. The van der Waals surface area contributed by atoms with E-state index in [4.69, 9.17) is 5.73 Å². The van der Waals surface area contributed by atoms with Crippen molar-refractivity contribution in [2.75, 3.05) is 6.61 Å². The normalized spacial score (nSPS) is 13.1. The van der Waals surface area contributed by atoms with E-state index in [-0.39, 0.29) is 24.8 Å². The summed E-state index contributed by atoms with van der Waals surface area (Å²) in [5, 5.41) is 9.27. The van der Waals surface area contributed by atoms with Gasteiger partial charge in [-0.1, -0.05) is 29.8 Å². The minimum Gasteiger partial charge on any atom is -0.394 e. The molecule has 3 N–H and O–H groups in total. The molecule has 0 aliphatic heterocycles. The zero-order valence-corrected chi connectivity index (χ0v) is 17.5. The average molecular weight is 396 g/mol. The number of ketones is 1. The standard InChI is InChI=1S/C21H29NO2S.ClH/c1-15-7-9-17(10-8-15)5-4-6-18(24)20-13-16(2)19(25-20)11-12-21(3,22)14-23;/h7-10,13,23H,4-6,11-12,14,22H2,1-3H3;1H/t21-;/m1./s1. The number of halogens is 1. The SMILES string of the molecule is Cc1ccc(CCCC(=O)c2cc(C)c(CC[C@@](C)(N)CO)s2)cc1.Cl. The van der Waals surface area contributed by atoms with Crippen LogP contribution in [-0.2, 0) is 12.8 Å². The number of aliphatic hydroxyl groups is 1. The summed E-state index contributed by atoms with van der Waals surface area (Å²) < 4.78 is 0. The Kier molecular flexibility index (Phi) is 8.97. The van der Waals surface area contributed by atoms with Gasteiger partial charge < -0.3 is 10.8 Å². The first-order valence-electron chi connectivity index (χ1n) is 8.88. The van der Waals surface area contributed by atoms with E-state index in [0.717, 1.165) is 29.7 Å². The molecule has 1 aromatic heterocycles.